The molecule has 0 aromatic carbocycles. The molecule has 1 fully saturated rings. The van der Waals surface area contributed by atoms with Gasteiger partial charge in [-0.3, -0.25) is 4.99 Å². The van der Waals surface area contributed by atoms with Crippen LogP contribution in [-0.2, 0) is 0 Å². The zero-order valence-electron chi connectivity index (χ0n) is 6.97. The quantitative estimate of drug-likeness (QED) is 0.563. The first-order valence-electron chi connectivity index (χ1n) is 4.60. The van der Waals surface area contributed by atoms with Crippen LogP contribution >= 0.6 is 0 Å². The van der Waals surface area contributed by atoms with Crippen molar-refractivity contribution < 1.29 is 0 Å². The van der Waals surface area contributed by atoms with E-state index in [-0.39, 0.29) is 0 Å². The maximum Gasteiger partial charge on any atom is 0.0943 e. The van der Waals surface area contributed by atoms with E-state index in [0.29, 0.717) is 5.41 Å². The molecule has 0 unspecified atom stereocenters. The van der Waals surface area contributed by atoms with Gasteiger partial charge in [0.1, 0.15) is 0 Å². The lowest BCUT2D eigenvalue weighted by molar-refractivity contribution is 0.221. The smallest absolute Gasteiger partial charge is 0.0943 e. The first-order valence-corrected chi connectivity index (χ1v) is 4.60. The summed E-state index contributed by atoms with van der Waals surface area (Å²) in [5.74, 6) is 0.895. The van der Waals surface area contributed by atoms with Crippen molar-refractivity contribution in [1.82, 2.24) is 0 Å². The highest BCUT2D eigenvalue weighted by Gasteiger charge is 2.35. The second-order valence-electron chi connectivity index (χ2n) is 4.05. The van der Waals surface area contributed by atoms with Gasteiger partial charge in [-0.05, 0) is 18.3 Å². The number of hydrogen-bond acceptors (Lipinski definition) is 2. The largest absolute Gasteiger partial charge is 0.387 e. The van der Waals surface area contributed by atoms with Crippen LogP contribution in [0.25, 0.3) is 0 Å². The highest BCUT2D eigenvalue weighted by atomic mass is 14.9. The Morgan fingerprint density at radius 1 is 1.18 bits per heavy atom. The number of hydrogen-bond donors (Lipinski definition) is 1. The Hall–Kier alpha value is -0.530. The summed E-state index contributed by atoms with van der Waals surface area (Å²) < 4.78 is 0. The molecule has 62 valence electrons. The van der Waals surface area contributed by atoms with Crippen molar-refractivity contribution in [2.24, 2.45) is 16.1 Å². The topological polar surface area (TPSA) is 38.4 Å². The Balaban J connectivity index is 2.01. The van der Waals surface area contributed by atoms with Crippen molar-refractivity contribution in [1.29, 1.82) is 0 Å². The fraction of sp³-hybridized carbons (Fsp3) is 0.889. The SMILES string of the molecule is NC1=NCC2(CCCCC2)C1. The van der Waals surface area contributed by atoms with Crippen molar-refractivity contribution in [3.8, 4) is 0 Å². The van der Waals surface area contributed by atoms with Crippen LogP contribution in [0, 0.1) is 5.41 Å². The molecule has 0 atom stereocenters. The second-order valence-corrected chi connectivity index (χ2v) is 4.05. The van der Waals surface area contributed by atoms with Gasteiger partial charge in [0.05, 0.1) is 5.84 Å². The minimum atomic E-state index is 0.516. The van der Waals surface area contributed by atoms with Crippen LogP contribution in [0.15, 0.2) is 4.99 Å². The van der Waals surface area contributed by atoms with Crippen LogP contribution < -0.4 is 5.73 Å². The molecule has 2 N–H and O–H groups in total. The molecule has 0 aromatic heterocycles. The lowest BCUT2D eigenvalue weighted by Gasteiger charge is -2.31. The molecule has 1 spiro atoms. The third-order valence-electron chi connectivity index (χ3n) is 3.09. The Labute approximate surface area is 67.9 Å². The molecule has 2 heteroatoms. The highest BCUT2D eigenvalue weighted by molar-refractivity contribution is 5.82. The average Bonchev–Trinajstić information content (AvgIpc) is 2.34. The molecule has 2 aliphatic rings. The van der Waals surface area contributed by atoms with E-state index in [2.05, 4.69) is 4.99 Å². The zero-order chi connectivity index (χ0) is 7.73. The van der Waals surface area contributed by atoms with Gasteiger partial charge in [0, 0.05) is 13.0 Å². The predicted octanol–water partition coefficient (Wildman–Crippen LogP) is 1.70. The molecule has 0 radical (unpaired) electrons. The van der Waals surface area contributed by atoms with Crippen molar-refractivity contribution in [2.45, 2.75) is 38.5 Å². The molecule has 2 nitrogen and oxygen atoms in total. The highest BCUT2D eigenvalue weighted by Crippen LogP contribution is 2.41. The molecular formula is C9H16N2. The van der Waals surface area contributed by atoms with Gasteiger partial charge in [0.25, 0.3) is 0 Å². The van der Waals surface area contributed by atoms with Gasteiger partial charge in [-0.1, -0.05) is 19.3 Å². The van der Waals surface area contributed by atoms with Crippen LogP contribution in [-0.4, -0.2) is 12.4 Å². The van der Waals surface area contributed by atoms with Crippen molar-refractivity contribution in [3.63, 3.8) is 0 Å². The van der Waals surface area contributed by atoms with Gasteiger partial charge in [-0.2, -0.15) is 0 Å². The van der Waals surface area contributed by atoms with Crippen molar-refractivity contribution in [3.05, 3.63) is 0 Å². The van der Waals surface area contributed by atoms with E-state index in [1.165, 1.54) is 32.1 Å². The molecule has 1 aliphatic heterocycles. The van der Waals surface area contributed by atoms with E-state index in [9.17, 15) is 0 Å². The van der Waals surface area contributed by atoms with Gasteiger partial charge in [-0.25, -0.2) is 0 Å². The van der Waals surface area contributed by atoms with Gasteiger partial charge in [-0.15, -0.1) is 0 Å². The molecule has 2 rings (SSSR count). The number of rotatable bonds is 0. The van der Waals surface area contributed by atoms with E-state index >= 15 is 0 Å². The summed E-state index contributed by atoms with van der Waals surface area (Å²) in [6.07, 6.45) is 7.99. The van der Waals surface area contributed by atoms with E-state index in [0.717, 1.165) is 18.8 Å². The molecule has 0 saturated heterocycles. The maximum absolute atomic E-state index is 5.69. The molecule has 1 aliphatic carbocycles. The fourth-order valence-electron chi connectivity index (χ4n) is 2.40. The summed E-state index contributed by atoms with van der Waals surface area (Å²) in [6, 6.07) is 0. The van der Waals surface area contributed by atoms with E-state index in [1.807, 2.05) is 0 Å². The van der Waals surface area contributed by atoms with Crippen molar-refractivity contribution in [2.75, 3.05) is 6.54 Å². The van der Waals surface area contributed by atoms with Crippen LogP contribution in [0.4, 0.5) is 0 Å². The molecule has 0 bridgehead atoms. The van der Waals surface area contributed by atoms with Crippen molar-refractivity contribution >= 4 is 5.84 Å². The monoisotopic (exact) mass is 152 g/mol. The maximum atomic E-state index is 5.69. The van der Waals surface area contributed by atoms with E-state index < -0.39 is 0 Å². The minimum Gasteiger partial charge on any atom is -0.387 e. The second kappa shape index (κ2) is 2.50. The molecule has 1 heterocycles. The van der Waals surface area contributed by atoms with E-state index in [4.69, 9.17) is 5.73 Å². The minimum absolute atomic E-state index is 0.516. The standard InChI is InChI=1S/C9H16N2/c10-8-6-9(7-11-8)4-2-1-3-5-9/h1-7H2,(H2,10,11). The van der Waals surface area contributed by atoms with Crippen LogP contribution in [0.3, 0.4) is 0 Å². The summed E-state index contributed by atoms with van der Waals surface area (Å²) >= 11 is 0. The average molecular weight is 152 g/mol. The predicted molar refractivity (Wildman–Crippen MR) is 46.6 cm³/mol. The number of aliphatic imine (C=N–C) groups is 1. The third-order valence-corrected chi connectivity index (χ3v) is 3.09. The summed E-state index contributed by atoms with van der Waals surface area (Å²) in [6.45, 7) is 1.01. The number of amidine groups is 1. The van der Waals surface area contributed by atoms with Gasteiger partial charge < -0.3 is 5.73 Å². The Morgan fingerprint density at radius 2 is 1.91 bits per heavy atom. The van der Waals surface area contributed by atoms with Gasteiger partial charge in [0.15, 0.2) is 0 Å². The number of nitrogens with zero attached hydrogens (tertiary/aromatic N) is 1. The fourth-order valence-corrected chi connectivity index (χ4v) is 2.40. The van der Waals surface area contributed by atoms with Crippen LogP contribution in [0.1, 0.15) is 38.5 Å². The third kappa shape index (κ3) is 1.26. The zero-order valence-corrected chi connectivity index (χ0v) is 6.97. The van der Waals surface area contributed by atoms with Gasteiger partial charge >= 0.3 is 0 Å². The Kier molecular flexibility index (Phi) is 1.63. The number of nitrogens with two attached hydrogens (primary N) is 1. The summed E-state index contributed by atoms with van der Waals surface area (Å²) in [7, 11) is 0. The summed E-state index contributed by atoms with van der Waals surface area (Å²) in [5, 5.41) is 0. The normalized spacial score (nSPS) is 28.9. The lowest BCUT2D eigenvalue weighted by Crippen LogP contribution is -2.26. The van der Waals surface area contributed by atoms with Gasteiger partial charge in [0.2, 0.25) is 0 Å². The molecule has 0 aromatic rings. The molecule has 11 heavy (non-hydrogen) atoms. The molecule has 0 amide bonds. The van der Waals surface area contributed by atoms with E-state index in [1.54, 1.807) is 0 Å². The van der Waals surface area contributed by atoms with Crippen LogP contribution in [0.2, 0.25) is 0 Å². The Morgan fingerprint density at radius 3 is 2.45 bits per heavy atom. The summed E-state index contributed by atoms with van der Waals surface area (Å²) in [5.41, 5.74) is 6.21. The summed E-state index contributed by atoms with van der Waals surface area (Å²) in [4.78, 5) is 4.31. The molecular weight excluding hydrogens is 136 g/mol. The lowest BCUT2D eigenvalue weighted by atomic mass is 9.73. The Bertz CT molecular complexity index is 178. The molecule has 1 saturated carbocycles. The van der Waals surface area contributed by atoms with Crippen LogP contribution in [0.5, 0.6) is 0 Å². The first-order chi connectivity index (χ1) is 5.31. The first kappa shape index (κ1) is 7.14.